The van der Waals surface area contributed by atoms with E-state index in [1.54, 1.807) is 26.4 Å². The topological polar surface area (TPSA) is 69.0 Å². The number of carbonyl (C=O) groups excluding carboxylic acids is 1. The zero-order valence-corrected chi connectivity index (χ0v) is 9.61. The smallest absolute Gasteiger partial charge is 0.241 e. The fourth-order valence-corrected chi connectivity index (χ4v) is 1.15. The quantitative estimate of drug-likeness (QED) is 0.813. The summed E-state index contributed by atoms with van der Waals surface area (Å²) in [7, 11) is 3.36. The van der Waals surface area contributed by atoms with Crippen molar-refractivity contribution in [1.29, 1.82) is 5.26 Å². The van der Waals surface area contributed by atoms with Crippen molar-refractivity contribution in [2.24, 2.45) is 0 Å². The van der Waals surface area contributed by atoms with Crippen LogP contribution >= 0.6 is 0 Å². The Balaban J connectivity index is 2.79. The van der Waals surface area contributed by atoms with Crippen molar-refractivity contribution in [3.8, 4) is 6.07 Å². The molecule has 0 bridgehead atoms. The molecule has 0 atom stereocenters. The van der Waals surface area contributed by atoms with Gasteiger partial charge in [-0.25, -0.2) is 4.98 Å². The summed E-state index contributed by atoms with van der Waals surface area (Å²) in [5, 5.41) is 11.8. The first-order valence-electron chi connectivity index (χ1n) is 4.86. The maximum absolute atomic E-state index is 11.4. The van der Waals surface area contributed by atoms with E-state index in [0.717, 1.165) is 5.56 Å². The number of aromatic nitrogens is 1. The number of aryl methyl sites for hydroxylation is 1. The number of likely N-dealkylation sites (N-methyl/N-ethyl adjacent to an activating group) is 1. The Bertz CT molecular complexity index is 434. The standard InChI is InChI=1S/C11H14N4O/c1-8-4-5-13-11(9(8)6-12)14-7-10(16)15(2)3/h4-5H,7H2,1-3H3,(H,13,14). The lowest BCUT2D eigenvalue weighted by atomic mass is 10.1. The van der Waals surface area contributed by atoms with Gasteiger partial charge in [0, 0.05) is 20.3 Å². The van der Waals surface area contributed by atoms with Crippen molar-refractivity contribution in [3.05, 3.63) is 23.4 Å². The van der Waals surface area contributed by atoms with Gasteiger partial charge in [0.15, 0.2) is 0 Å². The average molecular weight is 218 g/mol. The number of anilines is 1. The molecule has 0 saturated carbocycles. The number of hydrogen-bond acceptors (Lipinski definition) is 4. The number of carbonyl (C=O) groups is 1. The molecule has 1 aromatic heterocycles. The third-order valence-corrected chi connectivity index (χ3v) is 2.18. The molecule has 16 heavy (non-hydrogen) atoms. The van der Waals surface area contributed by atoms with E-state index >= 15 is 0 Å². The van der Waals surface area contributed by atoms with Crippen molar-refractivity contribution in [1.82, 2.24) is 9.88 Å². The summed E-state index contributed by atoms with van der Waals surface area (Å²) in [4.78, 5) is 16.9. The second-order valence-electron chi connectivity index (χ2n) is 3.60. The largest absolute Gasteiger partial charge is 0.360 e. The van der Waals surface area contributed by atoms with Crippen molar-refractivity contribution in [3.63, 3.8) is 0 Å². The van der Waals surface area contributed by atoms with E-state index in [9.17, 15) is 4.79 Å². The Morgan fingerprint density at radius 2 is 2.31 bits per heavy atom. The van der Waals surface area contributed by atoms with E-state index in [1.165, 1.54) is 4.90 Å². The Kier molecular flexibility index (Phi) is 3.84. The monoisotopic (exact) mass is 218 g/mol. The number of hydrogen-bond donors (Lipinski definition) is 1. The van der Waals surface area contributed by atoms with Gasteiger partial charge in [-0.1, -0.05) is 0 Å². The van der Waals surface area contributed by atoms with E-state index < -0.39 is 0 Å². The second kappa shape index (κ2) is 5.12. The van der Waals surface area contributed by atoms with Crippen LogP contribution in [0, 0.1) is 18.3 Å². The first-order chi connectivity index (χ1) is 7.56. The molecule has 1 N–H and O–H groups in total. The third-order valence-electron chi connectivity index (χ3n) is 2.18. The van der Waals surface area contributed by atoms with E-state index in [4.69, 9.17) is 5.26 Å². The fourth-order valence-electron chi connectivity index (χ4n) is 1.15. The predicted molar refractivity (Wildman–Crippen MR) is 60.9 cm³/mol. The normalized spacial score (nSPS) is 9.38. The first-order valence-corrected chi connectivity index (χ1v) is 4.86. The average Bonchev–Trinajstić information content (AvgIpc) is 2.25. The summed E-state index contributed by atoms with van der Waals surface area (Å²) in [5.74, 6) is 0.393. The number of pyridine rings is 1. The van der Waals surface area contributed by atoms with Crippen molar-refractivity contribution in [2.75, 3.05) is 26.0 Å². The molecule has 1 amide bonds. The number of nitriles is 1. The van der Waals surface area contributed by atoms with Gasteiger partial charge in [-0.15, -0.1) is 0 Å². The molecule has 0 aliphatic rings. The van der Waals surface area contributed by atoms with Gasteiger partial charge in [-0.2, -0.15) is 5.26 Å². The van der Waals surface area contributed by atoms with Gasteiger partial charge in [0.05, 0.1) is 12.1 Å². The molecule has 1 aromatic rings. The van der Waals surface area contributed by atoms with E-state index in [0.29, 0.717) is 11.4 Å². The van der Waals surface area contributed by atoms with Crippen LogP contribution in [0.4, 0.5) is 5.82 Å². The van der Waals surface area contributed by atoms with Crippen LogP contribution in [0.5, 0.6) is 0 Å². The molecule has 0 unspecified atom stereocenters. The Morgan fingerprint density at radius 3 is 2.88 bits per heavy atom. The molecule has 5 nitrogen and oxygen atoms in total. The molecule has 84 valence electrons. The van der Waals surface area contributed by atoms with Gasteiger partial charge in [0.2, 0.25) is 5.91 Å². The Hall–Kier alpha value is -2.09. The third kappa shape index (κ3) is 2.70. The Labute approximate surface area is 94.7 Å². The van der Waals surface area contributed by atoms with Gasteiger partial charge in [-0.05, 0) is 18.6 Å². The number of amides is 1. The lowest BCUT2D eigenvalue weighted by molar-refractivity contribution is -0.126. The van der Waals surface area contributed by atoms with Crippen molar-refractivity contribution in [2.45, 2.75) is 6.92 Å². The minimum Gasteiger partial charge on any atom is -0.360 e. The van der Waals surface area contributed by atoms with Crippen LogP contribution in [0.25, 0.3) is 0 Å². The highest BCUT2D eigenvalue weighted by Crippen LogP contribution is 2.14. The summed E-state index contributed by atoms with van der Waals surface area (Å²) < 4.78 is 0. The van der Waals surface area contributed by atoms with Crippen LogP contribution in [0.1, 0.15) is 11.1 Å². The maximum Gasteiger partial charge on any atom is 0.241 e. The van der Waals surface area contributed by atoms with Crippen LogP contribution < -0.4 is 5.32 Å². The van der Waals surface area contributed by atoms with Gasteiger partial charge in [0.25, 0.3) is 0 Å². The number of nitrogens with one attached hydrogen (secondary N) is 1. The molecule has 1 heterocycles. The summed E-state index contributed by atoms with van der Waals surface area (Å²) in [6.07, 6.45) is 1.61. The van der Waals surface area contributed by atoms with Gasteiger partial charge >= 0.3 is 0 Å². The van der Waals surface area contributed by atoms with Crippen LogP contribution in [-0.2, 0) is 4.79 Å². The van der Waals surface area contributed by atoms with Gasteiger partial charge in [0.1, 0.15) is 11.9 Å². The molecule has 0 radical (unpaired) electrons. The molecule has 1 rings (SSSR count). The van der Waals surface area contributed by atoms with Crippen LogP contribution in [0.2, 0.25) is 0 Å². The van der Waals surface area contributed by atoms with Gasteiger partial charge < -0.3 is 10.2 Å². The molecule has 0 aromatic carbocycles. The van der Waals surface area contributed by atoms with Crippen molar-refractivity contribution >= 4 is 11.7 Å². The molecule has 0 spiro atoms. The van der Waals surface area contributed by atoms with Crippen LogP contribution in [0.3, 0.4) is 0 Å². The summed E-state index contributed by atoms with van der Waals surface area (Å²) >= 11 is 0. The second-order valence-corrected chi connectivity index (χ2v) is 3.60. The molecule has 0 fully saturated rings. The SMILES string of the molecule is Cc1ccnc(NCC(=O)N(C)C)c1C#N. The van der Waals surface area contributed by atoms with Crippen LogP contribution in [0.15, 0.2) is 12.3 Å². The molecule has 0 aliphatic heterocycles. The minimum atomic E-state index is -0.0628. The lowest BCUT2D eigenvalue weighted by Crippen LogP contribution is -2.29. The number of nitrogens with zero attached hydrogens (tertiary/aromatic N) is 3. The van der Waals surface area contributed by atoms with E-state index in [-0.39, 0.29) is 12.5 Å². The summed E-state index contributed by atoms with van der Waals surface area (Å²) in [5.41, 5.74) is 1.33. The molecule has 0 aliphatic carbocycles. The summed E-state index contributed by atoms with van der Waals surface area (Å²) in [6, 6.07) is 3.83. The Morgan fingerprint density at radius 1 is 1.62 bits per heavy atom. The van der Waals surface area contributed by atoms with E-state index in [1.807, 2.05) is 6.92 Å². The zero-order chi connectivity index (χ0) is 12.1. The number of rotatable bonds is 3. The fraction of sp³-hybridized carbons (Fsp3) is 0.364. The highest BCUT2D eigenvalue weighted by Gasteiger charge is 2.08. The highest BCUT2D eigenvalue weighted by atomic mass is 16.2. The summed E-state index contributed by atoms with van der Waals surface area (Å²) in [6.45, 7) is 1.97. The highest BCUT2D eigenvalue weighted by molar-refractivity contribution is 5.80. The van der Waals surface area contributed by atoms with Crippen molar-refractivity contribution < 1.29 is 4.79 Å². The molecular weight excluding hydrogens is 204 g/mol. The predicted octanol–water partition coefficient (Wildman–Crippen LogP) is 0.762. The lowest BCUT2D eigenvalue weighted by Gasteiger charge is -2.12. The zero-order valence-electron chi connectivity index (χ0n) is 9.61. The van der Waals surface area contributed by atoms with E-state index in [2.05, 4.69) is 16.4 Å². The van der Waals surface area contributed by atoms with Gasteiger partial charge in [-0.3, -0.25) is 4.79 Å². The van der Waals surface area contributed by atoms with Crippen LogP contribution in [-0.4, -0.2) is 36.4 Å². The first kappa shape index (κ1) is 12.0. The maximum atomic E-state index is 11.4. The molecule has 5 heteroatoms. The molecule has 0 saturated heterocycles. The molecular formula is C11H14N4O. The minimum absolute atomic E-state index is 0.0628.